The van der Waals surface area contributed by atoms with Crippen LogP contribution in [0.25, 0.3) is 11.1 Å². The first kappa shape index (κ1) is 40.4. The zero-order valence-corrected chi connectivity index (χ0v) is 33.2. The fourth-order valence-electron chi connectivity index (χ4n) is 8.37. The molecule has 0 aromatic heterocycles. The molecule has 0 aliphatic rings. The van der Waals surface area contributed by atoms with Crippen molar-refractivity contribution >= 4 is 11.7 Å². The van der Waals surface area contributed by atoms with Gasteiger partial charge in [0, 0.05) is 0 Å². The summed E-state index contributed by atoms with van der Waals surface area (Å²) >= 11 is 0. The average Bonchev–Trinajstić information content (AvgIpc) is 3.20. The second-order valence-electron chi connectivity index (χ2n) is 15.1. The fraction of sp³-hybridized carbons (Fsp3) is 0.373. The molecule has 0 heterocycles. The van der Waals surface area contributed by atoms with Crippen LogP contribution in [0.3, 0.4) is 0 Å². The summed E-state index contributed by atoms with van der Waals surface area (Å²) in [6, 6.07) is 42.1. The lowest BCUT2D eigenvalue weighted by Crippen LogP contribution is -2.47. The van der Waals surface area contributed by atoms with Gasteiger partial charge in [0.15, 0.2) is 5.78 Å². The third kappa shape index (κ3) is 9.30. The summed E-state index contributed by atoms with van der Waals surface area (Å²) in [6.07, 6.45) is 12.3. The highest BCUT2D eigenvalue weighted by Gasteiger charge is 2.49. The first-order chi connectivity index (χ1) is 26.4. The number of amides is 1. The van der Waals surface area contributed by atoms with Crippen LogP contribution < -0.4 is 5.73 Å². The number of benzene rings is 5. The number of ketones is 1. The summed E-state index contributed by atoms with van der Waals surface area (Å²) < 4.78 is 0. The van der Waals surface area contributed by atoms with Crippen molar-refractivity contribution in [2.45, 2.75) is 122 Å². The molecule has 5 aromatic carbocycles. The molecule has 3 heteroatoms. The maximum atomic E-state index is 16.4. The highest BCUT2D eigenvalue weighted by atomic mass is 16.2. The summed E-state index contributed by atoms with van der Waals surface area (Å²) in [5, 5.41) is 0. The number of primary amides is 1. The zero-order chi connectivity index (χ0) is 38.3. The SMILES string of the molecule is CCCCc1cccc(C(C(N)=O)C(=O)C(Cc2cccc(-c3ccccc3)c2)(c2ccccc2)c2cccc(CCCC)c2CCCC)c1CCCC. The maximum absolute atomic E-state index is 16.4. The predicted molar refractivity (Wildman–Crippen MR) is 227 cm³/mol. The highest BCUT2D eigenvalue weighted by molar-refractivity contribution is 6.12. The molecular weight excluding hydrogens is 659 g/mol. The molecule has 0 fully saturated rings. The van der Waals surface area contributed by atoms with Crippen molar-refractivity contribution in [3.05, 3.63) is 166 Å². The van der Waals surface area contributed by atoms with E-state index in [0.29, 0.717) is 6.42 Å². The summed E-state index contributed by atoms with van der Waals surface area (Å²) in [7, 11) is 0. The van der Waals surface area contributed by atoms with E-state index in [2.05, 4.69) is 113 Å². The van der Waals surface area contributed by atoms with Crippen molar-refractivity contribution in [2.24, 2.45) is 5.73 Å². The van der Waals surface area contributed by atoms with E-state index in [1.807, 2.05) is 36.4 Å². The van der Waals surface area contributed by atoms with Gasteiger partial charge in [0.2, 0.25) is 5.91 Å². The van der Waals surface area contributed by atoms with E-state index >= 15 is 4.79 Å². The Bertz CT molecular complexity index is 1950. The Morgan fingerprint density at radius 3 is 1.69 bits per heavy atom. The van der Waals surface area contributed by atoms with Crippen molar-refractivity contribution < 1.29 is 9.59 Å². The zero-order valence-electron chi connectivity index (χ0n) is 33.2. The van der Waals surface area contributed by atoms with Crippen LogP contribution >= 0.6 is 0 Å². The monoisotopic (exact) mass is 719 g/mol. The number of hydrogen-bond donors (Lipinski definition) is 1. The molecule has 0 spiro atoms. The molecule has 0 aliphatic heterocycles. The lowest BCUT2D eigenvalue weighted by molar-refractivity contribution is -0.131. The van der Waals surface area contributed by atoms with Crippen molar-refractivity contribution in [3.8, 4) is 11.1 Å². The molecule has 0 aliphatic carbocycles. The fourth-order valence-corrected chi connectivity index (χ4v) is 8.37. The Balaban J connectivity index is 1.85. The van der Waals surface area contributed by atoms with Crippen molar-refractivity contribution in [3.63, 3.8) is 0 Å². The van der Waals surface area contributed by atoms with Gasteiger partial charge in [-0.1, -0.05) is 175 Å². The molecule has 0 saturated carbocycles. The number of carbonyl (C=O) groups is 2. The van der Waals surface area contributed by atoms with Crippen LogP contribution in [0.4, 0.5) is 0 Å². The lowest BCUT2D eigenvalue weighted by atomic mass is 9.61. The number of Topliss-reactive ketones (excluding diaryl/α,β-unsaturated/α-hetero) is 1. The maximum Gasteiger partial charge on any atom is 0.232 e. The highest BCUT2D eigenvalue weighted by Crippen LogP contribution is 2.45. The van der Waals surface area contributed by atoms with Crippen LogP contribution in [0.15, 0.2) is 121 Å². The van der Waals surface area contributed by atoms with Crippen molar-refractivity contribution in [1.82, 2.24) is 0 Å². The quantitative estimate of drug-likeness (QED) is 0.0768. The van der Waals surface area contributed by atoms with Gasteiger partial charge in [0.05, 0.1) is 5.41 Å². The molecule has 2 N–H and O–H groups in total. The van der Waals surface area contributed by atoms with Gasteiger partial charge in [0.25, 0.3) is 0 Å². The van der Waals surface area contributed by atoms with Gasteiger partial charge in [-0.15, -0.1) is 0 Å². The van der Waals surface area contributed by atoms with Crippen molar-refractivity contribution in [2.75, 3.05) is 0 Å². The largest absolute Gasteiger partial charge is 0.369 e. The summed E-state index contributed by atoms with van der Waals surface area (Å²) in [6.45, 7) is 8.86. The molecule has 0 radical (unpaired) electrons. The smallest absolute Gasteiger partial charge is 0.232 e. The predicted octanol–water partition coefficient (Wildman–Crippen LogP) is 12.1. The molecule has 0 bridgehead atoms. The van der Waals surface area contributed by atoms with E-state index in [4.69, 9.17) is 5.73 Å². The Morgan fingerprint density at radius 1 is 0.556 bits per heavy atom. The van der Waals surface area contributed by atoms with Gasteiger partial charge in [-0.3, -0.25) is 9.59 Å². The Labute approximate surface area is 325 Å². The minimum absolute atomic E-state index is 0.137. The Kier molecular flexibility index (Phi) is 15.0. The molecule has 54 heavy (non-hydrogen) atoms. The normalized spacial score (nSPS) is 13.0. The summed E-state index contributed by atoms with van der Waals surface area (Å²) in [4.78, 5) is 30.5. The first-order valence-corrected chi connectivity index (χ1v) is 20.6. The van der Waals surface area contributed by atoms with Crippen molar-refractivity contribution in [1.29, 1.82) is 0 Å². The van der Waals surface area contributed by atoms with Crippen LogP contribution in [0, 0.1) is 0 Å². The second-order valence-corrected chi connectivity index (χ2v) is 15.1. The Morgan fingerprint density at radius 2 is 1.07 bits per heavy atom. The third-order valence-corrected chi connectivity index (χ3v) is 11.3. The molecule has 3 nitrogen and oxygen atoms in total. The van der Waals surface area contributed by atoms with E-state index in [1.165, 1.54) is 16.7 Å². The first-order valence-electron chi connectivity index (χ1n) is 20.6. The number of carbonyl (C=O) groups excluding carboxylic acids is 2. The van der Waals surface area contributed by atoms with E-state index in [9.17, 15) is 4.79 Å². The Hall–Kier alpha value is -4.76. The average molecular weight is 720 g/mol. The lowest BCUT2D eigenvalue weighted by Gasteiger charge is -2.39. The number of rotatable bonds is 21. The summed E-state index contributed by atoms with van der Waals surface area (Å²) in [5.41, 5.74) is 16.2. The number of aryl methyl sites for hydroxylation is 2. The van der Waals surface area contributed by atoms with Gasteiger partial charge < -0.3 is 5.73 Å². The molecule has 1 amide bonds. The number of nitrogens with two attached hydrogens (primary N) is 1. The molecule has 2 unspecified atom stereocenters. The van der Waals surface area contributed by atoms with Crippen LogP contribution in [0.2, 0.25) is 0 Å². The van der Waals surface area contributed by atoms with E-state index < -0.39 is 17.2 Å². The van der Waals surface area contributed by atoms with Crippen LogP contribution in [0.1, 0.15) is 129 Å². The number of unbranched alkanes of at least 4 members (excludes halogenated alkanes) is 4. The van der Waals surface area contributed by atoms with Gasteiger partial charge in [0.1, 0.15) is 5.92 Å². The van der Waals surface area contributed by atoms with E-state index in [-0.39, 0.29) is 5.78 Å². The van der Waals surface area contributed by atoms with Gasteiger partial charge in [-0.2, -0.15) is 0 Å². The van der Waals surface area contributed by atoms with Gasteiger partial charge >= 0.3 is 0 Å². The second kappa shape index (κ2) is 20.1. The van der Waals surface area contributed by atoms with Gasteiger partial charge in [-0.25, -0.2) is 0 Å². The van der Waals surface area contributed by atoms with E-state index in [1.54, 1.807) is 0 Å². The van der Waals surface area contributed by atoms with Crippen LogP contribution in [-0.2, 0) is 47.1 Å². The molecule has 2 atom stereocenters. The summed E-state index contributed by atoms with van der Waals surface area (Å²) in [5.74, 6) is -1.84. The molecule has 5 rings (SSSR count). The molecule has 0 saturated heterocycles. The van der Waals surface area contributed by atoms with Gasteiger partial charge in [-0.05, 0) is 113 Å². The van der Waals surface area contributed by atoms with E-state index in [0.717, 1.165) is 116 Å². The standard InChI is InChI=1S/C51H61NO2/c1-5-9-23-40-27-20-34-46(44(40)32-11-7-3)48(50(52)54)49(53)51(43-30-17-14-18-31-43,37-38-22-19-29-42(36-38)39-25-15-13-16-26-39)47-35-21-28-41(24-10-6-2)45(47)33-12-8-4/h13-22,25-31,34-36,48H,5-12,23-24,32-33,37H2,1-4H3,(H2,52,54). The number of hydrogen-bond acceptors (Lipinski definition) is 2. The molecule has 5 aromatic rings. The third-order valence-electron chi connectivity index (χ3n) is 11.3. The molecule has 282 valence electrons. The van der Waals surface area contributed by atoms with Crippen LogP contribution in [-0.4, -0.2) is 11.7 Å². The van der Waals surface area contributed by atoms with Crippen LogP contribution in [0.5, 0.6) is 0 Å². The topological polar surface area (TPSA) is 60.2 Å². The minimum Gasteiger partial charge on any atom is -0.369 e. The minimum atomic E-state index is -1.19. The molecular formula is C51H61NO2.